The summed E-state index contributed by atoms with van der Waals surface area (Å²) in [7, 11) is 2.92. The van der Waals surface area contributed by atoms with Crippen molar-refractivity contribution < 1.29 is 32.6 Å². The summed E-state index contributed by atoms with van der Waals surface area (Å²) < 4.78 is 42.4. The van der Waals surface area contributed by atoms with Crippen LogP contribution in [0.4, 0.5) is 24.7 Å². The normalized spacial score (nSPS) is 19.7. The Morgan fingerprint density at radius 3 is 2.78 bits per heavy atom. The number of carbonyl (C=O) groups is 2. The molecular formula is C23H19F3N6O4. The predicted octanol–water partition coefficient (Wildman–Crippen LogP) is 1.34. The zero-order chi connectivity index (χ0) is 26.3. The fourth-order valence-electron chi connectivity index (χ4n) is 3.67. The van der Waals surface area contributed by atoms with E-state index in [1.807, 2.05) is 0 Å². The zero-order valence-corrected chi connectivity index (χ0v) is 18.9. The number of pyridine rings is 1. The second-order valence-electron chi connectivity index (χ2n) is 7.94. The molecule has 0 radical (unpaired) electrons. The third-order valence-electron chi connectivity index (χ3n) is 5.45. The van der Waals surface area contributed by atoms with E-state index >= 15 is 0 Å². The molecule has 36 heavy (non-hydrogen) atoms. The molecule has 1 aliphatic heterocycles. The van der Waals surface area contributed by atoms with Gasteiger partial charge in [-0.25, -0.2) is 14.8 Å². The lowest BCUT2D eigenvalue weighted by atomic mass is 9.99. The number of rotatable bonds is 3. The van der Waals surface area contributed by atoms with Crippen LogP contribution >= 0.6 is 0 Å². The van der Waals surface area contributed by atoms with Crippen LogP contribution in [-0.2, 0) is 14.3 Å². The summed E-state index contributed by atoms with van der Waals surface area (Å²) in [5, 5.41) is 14.4. The summed E-state index contributed by atoms with van der Waals surface area (Å²) in [6, 6.07) is 6.44. The van der Waals surface area contributed by atoms with Crippen molar-refractivity contribution in [2.75, 3.05) is 31.7 Å². The quantitative estimate of drug-likeness (QED) is 0.359. The number of ether oxygens (including phenoxy) is 1. The number of benzene rings is 1. The molecule has 3 heterocycles. The van der Waals surface area contributed by atoms with E-state index in [2.05, 4.69) is 36.8 Å². The molecule has 2 aromatic heterocycles. The van der Waals surface area contributed by atoms with Crippen molar-refractivity contribution in [1.82, 2.24) is 19.9 Å². The number of nitrogens with one attached hydrogen (secondary N) is 1. The first-order chi connectivity index (χ1) is 16.9. The van der Waals surface area contributed by atoms with E-state index in [0.29, 0.717) is 39.4 Å². The molecular weight excluding hydrogens is 481 g/mol. The average Bonchev–Trinajstić information content (AvgIpc) is 3.05. The molecule has 1 amide bonds. The molecule has 0 saturated carbocycles. The van der Waals surface area contributed by atoms with Gasteiger partial charge < -0.3 is 25.8 Å². The van der Waals surface area contributed by atoms with Crippen LogP contribution in [0.2, 0.25) is 0 Å². The molecule has 1 aliphatic rings. The number of esters is 1. The fraction of sp³-hybridized carbons (Fsp3) is 0.261. The van der Waals surface area contributed by atoms with Crippen molar-refractivity contribution in [1.29, 1.82) is 0 Å². The third-order valence-corrected chi connectivity index (χ3v) is 5.45. The van der Waals surface area contributed by atoms with Gasteiger partial charge in [-0.05, 0) is 18.1 Å². The Kier molecular flexibility index (Phi) is 6.15. The number of carbonyl (C=O) groups excluding carboxylic acids is 2. The Labute approximate surface area is 202 Å². The molecule has 2 atom stereocenters. The second kappa shape index (κ2) is 8.97. The van der Waals surface area contributed by atoms with Crippen LogP contribution in [0.1, 0.15) is 5.56 Å². The van der Waals surface area contributed by atoms with E-state index in [9.17, 15) is 27.9 Å². The molecule has 13 heteroatoms. The molecule has 1 unspecified atom stereocenters. The van der Waals surface area contributed by atoms with Gasteiger partial charge in [0.1, 0.15) is 5.82 Å². The summed E-state index contributed by atoms with van der Waals surface area (Å²) >= 11 is 0. The van der Waals surface area contributed by atoms with Gasteiger partial charge in [0.15, 0.2) is 11.9 Å². The van der Waals surface area contributed by atoms with E-state index in [1.54, 1.807) is 31.3 Å². The highest BCUT2D eigenvalue weighted by Crippen LogP contribution is 2.30. The predicted molar refractivity (Wildman–Crippen MR) is 122 cm³/mol. The van der Waals surface area contributed by atoms with Crippen molar-refractivity contribution in [3.8, 4) is 23.2 Å². The molecule has 3 aromatic rings. The molecule has 1 fully saturated rings. The van der Waals surface area contributed by atoms with Crippen molar-refractivity contribution in [2.24, 2.45) is 0 Å². The second-order valence-corrected chi connectivity index (χ2v) is 7.94. The third kappa shape index (κ3) is 4.46. The van der Waals surface area contributed by atoms with Gasteiger partial charge in [0.25, 0.3) is 5.91 Å². The summed E-state index contributed by atoms with van der Waals surface area (Å²) in [5.41, 5.74) is 5.03. The number of aromatic nitrogens is 3. The smallest absolute Gasteiger partial charge is 0.449 e. The number of hydrogen-bond acceptors (Lipinski definition) is 9. The Hall–Kier alpha value is -4.44. The number of likely N-dealkylation sites (tertiary alicyclic amines) is 1. The Morgan fingerprint density at radius 1 is 1.33 bits per heavy atom. The lowest BCUT2D eigenvalue weighted by molar-refractivity contribution is -0.209. The van der Waals surface area contributed by atoms with Crippen molar-refractivity contribution in [3.63, 3.8) is 0 Å². The van der Waals surface area contributed by atoms with Crippen LogP contribution in [0.15, 0.2) is 36.7 Å². The van der Waals surface area contributed by atoms with Gasteiger partial charge in [-0.2, -0.15) is 13.2 Å². The highest BCUT2D eigenvalue weighted by atomic mass is 19.4. The Morgan fingerprint density at radius 2 is 2.08 bits per heavy atom. The number of hydrogen-bond donors (Lipinski definition) is 3. The molecule has 186 valence electrons. The number of aliphatic hydroxyl groups is 1. The number of nitrogens with two attached hydrogens (primary N) is 1. The lowest BCUT2D eigenvalue weighted by Gasteiger charge is -2.21. The number of nitrogen functional groups attached to an aromatic ring is 1. The highest BCUT2D eigenvalue weighted by molar-refractivity contribution is 5.99. The SMILES string of the molecule is CNc1nc(-c2cccc(C#C[C@]3(O)C(=O)N(C)CC3OC(=O)C(F)(F)F)c2)nc2cncc(N)c12. The first-order valence-electron chi connectivity index (χ1n) is 10.4. The van der Waals surface area contributed by atoms with E-state index in [-0.39, 0.29) is 0 Å². The van der Waals surface area contributed by atoms with Gasteiger partial charge in [-0.15, -0.1) is 0 Å². The first-order valence-corrected chi connectivity index (χ1v) is 10.4. The number of likely N-dealkylation sites (N-methyl/N-ethyl adjacent to an activating group) is 1. The minimum atomic E-state index is -5.29. The van der Waals surface area contributed by atoms with Crippen LogP contribution < -0.4 is 11.1 Å². The van der Waals surface area contributed by atoms with E-state index in [0.717, 1.165) is 4.90 Å². The molecule has 0 aliphatic carbocycles. The number of nitrogens with zero attached hydrogens (tertiary/aromatic N) is 4. The average molecular weight is 500 g/mol. The van der Waals surface area contributed by atoms with E-state index in [1.165, 1.54) is 19.4 Å². The summed E-state index contributed by atoms with van der Waals surface area (Å²) in [5.74, 6) is 2.12. The van der Waals surface area contributed by atoms with Crippen LogP contribution in [0, 0.1) is 11.8 Å². The maximum absolute atomic E-state index is 12.7. The van der Waals surface area contributed by atoms with Crippen molar-refractivity contribution in [2.45, 2.75) is 17.9 Å². The molecule has 1 saturated heterocycles. The molecule has 0 spiro atoms. The Balaban J connectivity index is 1.70. The maximum Gasteiger partial charge on any atom is 0.490 e. The first kappa shape index (κ1) is 24.7. The van der Waals surface area contributed by atoms with Gasteiger partial charge in [0.05, 0.1) is 35.5 Å². The van der Waals surface area contributed by atoms with Gasteiger partial charge in [0, 0.05) is 25.2 Å². The Bertz CT molecular complexity index is 1430. The molecule has 1 aromatic carbocycles. The number of alkyl halides is 3. The minimum absolute atomic E-state index is 0.296. The minimum Gasteiger partial charge on any atom is -0.449 e. The van der Waals surface area contributed by atoms with Gasteiger partial charge in [0.2, 0.25) is 5.60 Å². The largest absolute Gasteiger partial charge is 0.490 e. The van der Waals surface area contributed by atoms with Gasteiger partial charge in [-0.3, -0.25) is 9.78 Å². The van der Waals surface area contributed by atoms with E-state index < -0.39 is 36.3 Å². The monoisotopic (exact) mass is 500 g/mol. The molecule has 4 N–H and O–H groups in total. The number of anilines is 2. The molecule has 4 rings (SSSR count). The van der Waals surface area contributed by atoms with E-state index in [4.69, 9.17) is 5.73 Å². The summed E-state index contributed by atoms with van der Waals surface area (Å²) in [4.78, 5) is 37.7. The molecule has 0 bridgehead atoms. The lowest BCUT2D eigenvalue weighted by Crippen LogP contribution is -2.47. The highest BCUT2D eigenvalue weighted by Gasteiger charge is 2.56. The number of halogens is 3. The standard InChI is InChI=1S/C23H19F3N6O4/c1-28-19-17-14(27)9-29-10-15(17)30-18(31-19)13-5-3-4-12(8-13)6-7-22(35)16(11-32(2)20(22)33)36-21(34)23(24,25)26/h3-5,8-10,16,35H,11,27H2,1-2H3,(H,28,30,31)/t16?,22-/m1/s1. The molecule has 10 nitrogen and oxygen atoms in total. The number of amides is 1. The van der Waals surface area contributed by atoms with Crippen molar-refractivity contribution in [3.05, 3.63) is 42.2 Å². The van der Waals surface area contributed by atoms with Crippen LogP contribution in [0.25, 0.3) is 22.3 Å². The van der Waals surface area contributed by atoms with Gasteiger partial charge in [-0.1, -0.05) is 18.1 Å². The van der Waals surface area contributed by atoms with Crippen LogP contribution in [-0.4, -0.2) is 75.4 Å². The summed E-state index contributed by atoms with van der Waals surface area (Å²) in [6.07, 6.45) is -4.12. The van der Waals surface area contributed by atoms with Crippen LogP contribution in [0.3, 0.4) is 0 Å². The maximum atomic E-state index is 12.7. The summed E-state index contributed by atoms with van der Waals surface area (Å²) in [6.45, 7) is -0.458. The zero-order valence-electron chi connectivity index (χ0n) is 18.9. The topological polar surface area (TPSA) is 144 Å². The number of fused-ring (bicyclic) bond motifs is 1. The van der Waals surface area contributed by atoms with Gasteiger partial charge >= 0.3 is 12.1 Å². The fourth-order valence-corrected chi connectivity index (χ4v) is 3.67. The van der Waals surface area contributed by atoms with Crippen molar-refractivity contribution >= 4 is 34.3 Å². The van der Waals surface area contributed by atoms with Crippen LogP contribution in [0.5, 0.6) is 0 Å².